The fraction of sp³-hybridized carbons (Fsp3) is 0.667. The van der Waals surface area contributed by atoms with Crippen molar-refractivity contribution in [3.05, 3.63) is 0 Å². The zero-order chi connectivity index (χ0) is 9.28. The van der Waals surface area contributed by atoms with Crippen molar-refractivity contribution in [2.75, 3.05) is 0 Å². The third kappa shape index (κ3) is 2.64. The molecule has 0 spiro atoms. The van der Waals surface area contributed by atoms with E-state index in [-0.39, 0.29) is 0 Å². The van der Waals surface area contributed by atoms with E-state index in [0.29, 0.717) is 0 Å². The maximum atomic E-state index is 11.3. The van der Waals surface area contributed by atoms with Crippen molar-refractivity contribution in [1.82, 2.24) is 0 Å². The highest BCUT2D eigenvalue weighted by Crippen LogP contribution is 2.29. The van der Waals surface area contributed by atoms with Gasteiger partial charge in [0.25, 0.3) is 0 Å². The van der Waals surface area contributed by atoms with Crippen LogP contribution in [0.2, 0.25) is 0 Å². The summed E-state index contributed by atoms with van der Waals surface area (Å²) in [7, 11) is 0. The Balaban J connectivity index is 4.74. The van der Waals surface area contributed by atoms with Crippen LogP contribution in [0.15, 0.2) is 5.10 Å². The van der Waals surface area contributed by atoms with Crippen LogP contribution in [0.3, 0.4) is 0 Å². The molecular formula is C3H2F6N2. The van der Waals surface area contributed by atoms with Gasteiger partial charge in [-0.15, -0.1) is 0 Å². The molecule has 0 saturated heterocycles. The SMILES string of the molecule is NN=C(C(F)(F)F)C(F)(F)F. The molecule has 0 fully saturated rings. The average molecular weight is 180 g/mol. The highest BCUT2D eigenvalue weighted by Gasteiger charge is 2.53. The Morgan fingerprint density at radius 1 is 0.909 bits per heavy atom. The summed E-state index contributed by atoms with van der Waals surface area (Å²) in [6, 6.07) is 0. The molecule has 0 aromatic heterocycles. The van der Waals surface area contributed by atoms with Crippen LogP contribution in [0.25, 0.3) is 0 Å². The molecule has 0 bridgehead atoms. The number of halogens is 6. The van der Waals surface area contributed by atoms with Crippen molar-refractivity contribution in [2.45, 2.75) is 12.4 Å². The Hall–Kier alpha value is -0.950. The summed E-state index contributed by atoms with van der Waals surface area (Å²) in [5, 5.41) is 1.60. The van der Waals surface area contributed by atoms with Gasteiger partial charge in [-0.2, -0.15) is 31.4 Å². The number of alkyl halides is 6. The first kappa shape index (κ1) is 10.1. The summed E-state index contributed by atoms with van der Waals surface area (Å²) in [4.78, 5) is 0. The second kappa shape index (κ2) is 2.59. The van der Waals surface area contributed by atoms with Crippen molar-refractivity contribution in [3.63, 3.8) is 0 Å². The smallest absolute Gasteiger partial charge is 0.323 e. The fourth-order valence-corrected chi connectivity index (χ4v) is 0.307. The minimum atomic E-state index is -5.55. The van der Waals surface area contributed by atoms with Gasteiger partial charge in [0.2, 0.25) is 5.71 Å². The number of hydrogen-bond acceptors (Lipinski definition) is 2. The molecule has 0 aliphatic rings. The number of nitrogens with zero attached hydrogens (tertiary/aromatic N) is 1. The molecule has 0 aliphatic heterocycles. The van der Waals surface area contributed by atoms with Crippen LogP contribution >= 0.6 is 0 Å². The number of hydrogen-bond donors (Lipinski definition) is 1. The minimum absolute atomic E-state index is 1.60. The van der Waals surface area contributed by atoms with Gasteiger partial charge < -0.3 is 5.84 Å². The van der Waals surface area contributed by atoms with Gasteiger partial charge in [0, 0.05) is 0 Å². The Bertz CT molecular complexity index is 148. The fourth-order valence-electron chi connectivity index (χ4n) is 0.307. The second-order valence-corrected chi connectivity index (χ2v) is 1.47. The van der Waals surface area contributed by atoms with Gasteiger partial charge in [-0.25, -0.2) is 0 Å². The third-order valence-corrected chi connectivity index (χ3v) is 0.666. The summed E-state index contributed by atoms with van der Waals surface area (Å²) < 4.78 is 67.7. The first-order chi connectivity index (χ1) is 4.69. The Morgan fingerprint density at radius 3 is 1.18 bits per heavy atom. The van der Waals surface area contributed by atoms with Gasteiger partial charge in [-0.1, -0.05) is 0 Å². The van der Waals surface area contributed by atoms with Crippen LogP contribution in [0.5, 0.6) is 0 Å². The molecular weight excluding hydrogens is 178 g/mol. The highest BCUT2D eigenvalue weighted by atomic mass is 19.4. The number of nitrogens with two attached hydrogens (primary N) is 1. The van der Waals surface area contributed by atoms with Gasteiger partial charge in [0.05, 0.1) is 0 Å². The summed E-state index contributed by atoms with van der Waals surface area (Å²) in [5.41, 5.74) is -2.94. The molecule has 0 heterocycles. The lowest BCUT2D eigenvalue weighted by Gasteiger charge is -2.11. The Morgan fingerprint density at radius 2 is 1.18 bits per heavy atom. The van der Waals surface area contributed by atoms with Crippen molar-refractivity contribution in [3.8, 4) is 0 Å². The third-order valence-electron chi connectivity index (χ3n) is 0.666. The minimum Gasteiger partial charge on any atom is -0.323 e. The van der Waals surface area contributed by atoms with Crippen molar-refractivity contribution in [2.24, 2.45) is 10.9 Å². The Kier molecular flexibility index (Phi) is 2.37. The quantitative estimate of drug-likeness (QED) is 0.260. The molecule has 0 rings (SSSR count). The summed E-state index contributed by atoms with van der Waals surface area (Å²) in [6.45, 7) is 0. The van der Waals surface area contributed by atoms with E-state index in [4.69, 9.17) is 0 Å². The van der Waals surface area contributed by atoms with E-state index in [1.807, 2.05) is 0 Å². The predicted molar refractivity (Wildman–Crippen MR) is 23.7 cm³/mol. The lowest BCUT2D eigenvalue weighted by atomic mass is 10.3. The van der Waals surface area contributed by atoms with E-state index in [0.717, 1.165) is 0 Å². The van der Waals surface area contributed by atoms with E-state index in [2.05, 4.69) is 5.84 Å². The molecule has 2 N–H and O–H groups in total. The first-order valence-electron chi connectivity index (χ1n) is 2.12. The molecule has 66 valence electrons. The van der Waals surface area contributed by atoms with Crippen LogP contribution in [0, 0.1) is 0 Å². The number of rotatable bonds is 0. The highest BCUT2D eigenvalue weighted by molar-refractivity contribution is 5.94. The van der Waals surface area contributed by atoms with Crippen LogP contribution in [0.1, 0.15) is 0 Å². The van der Waals surface area contributed by atoms with E-state index in [1.165, 1.54) is 0 Å². The van der Waals surface area contributed by atoms with Crippen molar-refractivity contribution >= 4 is 5.71 Å². The molecule has 0 unspecified atom stereocenters. The maximum absolute atomic E-state index is 11.3. The van der Waals surface area contributed by atoms with E-state index in [9.17, 15) is 26.3 Å². The van der Waals surface area contributed by atoms with Gasteiger partial charge in [0.1, 0.15) is 0 Å². The lowest BCUT2D eigenvalue weighted by Crippen LogP contribution is -2.37. The molecule has 0 aromatic rings. The van der Waals surface area contributed by atoms with Gasteiger partial charge in [0.15, 0.2) is 0 Å². The molecule has 11 heavy (non-hydrogen) atoms. The maximum Gasteiger partial charge on any atom is 0.440 e. The molecule has 8 heteroatoms. The molecule has 0 saturated carbocycles. The van der Waals surface area contributed by atoms with Gasteiger partial charge >= 0.3 is 12.4 Å². The molecule has 0 aromatic carbocycles. The largest absolute Gasteiger partial charge is 0.440 e. The molecule has 0 radical (unpaired) electrons. The number of hydrazone groups is 1. The van der Waals surface area contributed by atoms with E-state index < -0.39 is 18.1 Å². The summed E-state index contributed by atoms with van der Waals surface area (Å²) in [6.07, 6.45) is -11.1. The topological polar surface area (TPSA) is 38.4 Å². The Labute approximate surface area is 56.7 Å². The molecule has 0 aliphatic carbocycles. The van der Waals surface area contributed by atoms with E-state index in [1.54, 1.807) is 5.10 Å². The van der Waals surface area contributed by atoms with Crippen molar-refractivity contribution < 1.29 is 26.3 Å². The van der Waals surface area contributed by atoms with Gasteiger partial charge in [-0.3, -0.25) is 0 Å². The van der Waals surface area contributed by atoms with Crippen LogP contribution in [-0.4, -0.2) is 18.1 Å². The average Bonchev–Trinajstić information content (AvgIpc) is 1.56. The van der Waals surface area contributed by atoms with Crippen LogP contribution < -0.4 is 5.84 Å². The normalized spacial score (nSPS) is 12.9. The van der Waals surface area contributed by atoms with Gasteiger partial charge in [-0.05, 0) is 0 Å². The first-order valence-corrected chi connectivity index (χ1v) is 2.12. The summed E-state index contributed by atoms with van der Waals surface area (Å²) in [5.74, 6) is 3.89. The molecule has 0 amide bonds. The zero-order valence-corrected chi connectivity index (χ0v) is 4.79. The van der Waals surface area contributed by atoms with Crippen LogP contribution in [-0.2, 0) is 0 Å². The predicted octanol–water partition coefficient (Wildman–Crippen LogP) is 1.43. The standard InChI is InChI=1S/C3H2F6N2/c4-2(5,6)1(11-10)3(7,8)9/h10H2. The second-order valence-electron chi connectivity index (χ2n) is 1.47. The molecule has 0 atom stereocenters. The lowest BCUT2D eigenvalue weighted by molar-refractivity contribution is -0.118. The zero-order valence-electron chi connectivity index (χ0n) is 4.79. The van der Waals surface area contributed by atoms with E-state index >= 15 is 0 Å². The van der Waals surface area contributed by atoms with Crippen LogP contribution in [0.4, 0.5) is 26.3 Å². The monoisotopic (exact) mass is 180 g/mol. The summed E-state index contributed by atoms with van der Waals surface area (Å²) >= 11 is 0. The van der Waals surface area contributed by atoms with Crippen molar-refractivity contribution in [1.29, 1.82) is 0 Å². The molecule has 2 nitrogen and oxygen atoms in total.